The fourth-order valence-corrected chi connectivity index (χ4v) is 1.95. The molecule has 0 spiro atoms. The van der Waals surface area contributed by atoms with E-state index >= 15 is 0 Å². The predicted octanol–water partition coefficient (Wildman–Crippen LogP) is 2.95. The van der Waals surface area contributed by atoms with Crippen molar-refractivity contribution in [3.05, 3.63) is 35.9 Å². The zero-order valence-corrected chi connectivity index (χ0v) is 10.7. The minimum absolute atomic E-state index is 0.359. The van der Waals surface area contributed by atoms with Crippen LogP contribution < -0.4 is 5.73 Å². The third kappa shape index (κ3) is 5.64. The third-order valence-electron chi connectivity index (χ3n) is 3.19. The summed E-state index contributed by atoms with van der Waals surface area (Å²) < 4.78 is 0. The largest absolute Gasteiger partial charge is 0.330 e. The van der Waals surface area contributed by atoms with E-state index in [2.05, 4.69) is 19.1 Å². The highest BCUT2D eigenvalue weighted by Gasteiger charge is 2.10. The van der Waals surface area contributed by atoms with Gasteiger partial charge in [0.05, 0.1) is 0 Å². The summed E-state index contributed by atoms with van der Waals surface area (Å²) in [5, 5.41) is 0. The number of benzene rings is 1. The molecule has 0 amide bonds. The number of carbonyl (C=O) groups is 1. The van der Waals surface area contributed by atoms with Crippen molar-refractivity contribution >= 4 is 5.78 Å². The summed E-state index contributed by atoms with van der Waals surface area (Å²) in [6.45, 7) is 2.72. The van der Waals surface area contributed by atoms with Crippen molar-refractivity contribution in [1.29, 1.82) is 0 Å². The smallest absolute Gasteiger partial charge is 0.133 e. The number of nitrogens with two attached hydrogens (primary N) is 1. The molecule has 0 heterocycles. The number of ketones is 1. The molecule has 0 saturated heterocycles. The number of aryl methyl sites for hydroxylation is 1. The molecule has 0 aromatic heterocycles. The maximum atomic E-state index is 11.7. The molecule has 1 aromatic rings. The Morgan fingerprint density at radius 2 is 2.00 bits per heavy atom. The molecule has 17 heavy (non-hydrogen) atoms. The van der Waals surface area contributed by atoms with Crippen molar-refractivity contribution < 1.29 is 4.79 Å². The van der Waals surface area contributed by atoms with Crippen molar-refractivity contribution in [2.24, 2.45) is 11.7 Å². The number of hydrogen-bond acceptors (Lipinski definition) is 2. The summed E-state index contributed by atoms with van der Waals surface area (Å²) >= 11 is 0. The Hall–Kier alpha value is -1.15. The zero-order chi connectivity index (χ0) is 12.5. The van der Waals surface area contributed by atoms with Crippen LogP contribution in [-0.4, -0.2) is 12.3 Å². The van der Waals surface area contributed by atoms with Crippen molar-refractivity contribution in [3.63, 3.8) is 0 Å². The predicted molar refractivity (Wildman–Crippen MR) is 71.8 cm³/mol. The Balaban J connectivity index is 2.20. The van der Waals surface area contributed by atoms with Gasteiger partial charge >= 0.3 is 0 Å². The van der Waals surface area contributed by atoms with Gasteiger partial charge in [-0.15, -0.1) is 0 Å². The lowest BCUT2D eigenvalue weighted by molar-refractivity contribution is -0.120. The number of carbonyl (C=O) groups excluding carboxylic acids is 1. The Bertz CT molecular complexity index is 317. The van der Waals surface area contributed by atoms with Gasteiger partial charge < -0.3 is 5.73 Å². The molecule has 1 unspecified atom stereocenters. The lowest BCUT2D eigenvalue weighted by Gasteiger charge is -2.10. The monoisotopic (exact) mass is 233 g/mol. The highest BCUT2D eigenvalue weighted by molar-refractivity contribution is 5.78. The minimum atomic E-state index is 0.359. The molecule has 2 nitrogen and oxygen atoms in total. The van der Waals surface area contributed by atoms with E-state index in [1.165, 1.54) is 5.56 Å². The van der Waals surface area contributed by atoms with Crippen LogP contribution in [0.5, 0.6) is 0 Å². The molecule has 1 aromatic carbocycles. The standard InChI is InChI=1S/C15H23NO/c1-2-13(12-16)11-15(17)10-6-9-14-7-4-3-5-8-14/h3-5,7-8,13H,2,6,9-12,16H2,1H3. The summed E-state index contributed by atoms with van der Waals surface area (Å²) in [5.74, 6) is 0.734. The zero-order valence-electron chi connectivity index (χ0n) is 10.7. The molecule has 0 saturated carbocycles. The Kier molecular flexibility index (Phi) is 6.56. The fourth-order valence-electron chi connectivity index (χ4n) is 1.95. The molecular formula is C15H23NO. The van der Waals surface area contributed by atoms with Gasteiger partial charge in [0.15, 0.2) is 0 Å². The molecule has 0 aliphatic carbocycles. The molecule has 1 rings (SSSR count). The molecule has 94 valence electrons. The highest BCUT2D eigenvalue weighted by Crippen LogP contribution is 2.11. The average molecular weight is 233 g/mol. The lowest BCUT2D eigenvalue weighted by Crippen LogP contribution is -2.17. The van der Waals surface area contributed by atoms with Crippen LogP contribution in [0.1, 0.15) is 38.2 Å². The van der Waals surface area contributed by atoms with Crippen molar-refractivity contribution in [2.75, 3.05) is 6.54 Å². The molecule has 0 aliphatic rings. The SMILES string of the molecule is CCC(CN)CC(=O)CCCc1ccccc1. The number of Topliss-reactive ketones (excluding diaryl/α,β-unsaturated/α-hetero) is 1. The molecule has 0 radical (unpaired) electrons. The van der Waals surface area contributed by atoms with Gasteiger partial charge in [0.2, 0.25) is 0 Å². The molecule has 0 fully saturated rings. The van der Waals surface area contributed by atoms with E-state index in [0.717, 1.165) is 19.3 Å². The van der Waals surface area contributed by atoms with Crippen LogP contribution in [0.4, 0.5) is 0 Å². The second-order valence-electron chi connectivity index (χ2n) is 4.59. The van der Waals surface area contributed by atoms with Crippen LogP contribution in [0.25, 0.3) is 0 Å². The van der Waals surface area contributed by atoms with Crippen LogP contribution >= 0.6 is 0 Å². The average Bonchev–Trinajstić information content (AvgIpc) is 2.37. The maximum absolute atomic E-state index is 11.7. The highest BCUT2D eigenvalue weighted by atomic mass is 16.1. The minimum Gasteiger partial charge on any atom is -0.330 e. The summed E-state index contributed by atoms with van der Waals surface area (Å²) in [7, 11) is 0. The van der Waals surface area contributed by atoms with Crippen LogP contribution in [0.2, 0.25) is 0 Å². The summed E-state index contributed by atoms with van der Waals surface area (Å²) in [5.41, 5.74) is 6.91. The van der Waals surface area contributed by atoms with Crippen molar-refractivity contribution in [2.45, 2.75) is 39.0 Å². The molecule has 2 heteroatoms. The van der Waals surface area contributed by atoms with E-state index in [0.29, 0.717) is 31.1 Å². The van der Waals surface area contributed by atoms with Crippen LogP contribution in [-0.2, 0) is 11.2 Å². The van der Waals surface area contributed by atoms with Crippen LogP contribution in [0.3, 0.4) is 0 Å². The van der Waals surface area contributed by atoms with Gasteiger partial charge in [-0.1, -0.05) is 43.7 Å². The molecule has 0 bridgehead atoms. The first-order chi connectivity index (χ1) is 8.26. The normalized spacial score (nSPS) is 12.4. The van der Waals surface area contributed by atoms with E-state index in [-0.39, 0.29) is 0 Å². The summed E-state index contributed by atoms with van der Waals surface area (Å²) in [6, 6.07) is 10.3. The van der Waals surface area contributed by atoms with E-state index in [1.807, 2.05) is 18.2 Å². The number of hydrogen-bond donors (Lipinski definition) is 1. The maximum Gasteiger partial charge on any atom is 0.133 e. The molecule has 1 atom stereocenters. The lowest BCUT2D eigenvalue weighted by atomic mass is 9.97. The Morgan fingerprint density at radius 1 is 1.29 bits per heavy atom. The van der Waals surface area contributed by atoms with Gasteiger partial charge in [-0.3, -0.25) is 4.79 Å². The van der Waals surface area contributed by atoms with E-state index in [9.17, 15) is 4.79 Å². The third-order valence-corrected chi connectivity index (χ3v) is 3.19. The van der Waals surface area contributed by atoms with E-state index in [1.54, 1.807) is 0 Å². The van der Waals surface area contributed by atoms with Gasteiger partial charge in [-0.25, -0.2) is 0 Å². The fraction of sp³-hybridized carbons (Fsp3) is 0.533. The topological polar surface area (TPSA) is 43.1 Å². The number of rotatable bonds is 8. The second-order valence-corrected chi connectivity index (χ2v) is 4.59. The first-order valence-corrected chi connectivity index (χ1v) is 6.52. The van der Waals surface area contributed by atoms with E-state index in [4.69, 9.17) is 5.73 Å². The van der Waals surface area contributed by atoms with Crippen LogP contribution in [0.15, 0.2) is 30.3 Å². The first-order valence-electron chi connectivity index (χ1n) is 6.52. The summed E-state index contributed by atoms with van der Waals surface area (Å²) in [4.78, 5) is 11.7. The molecular weight excluding hydrogens is 210 g/mol. The van der Waals surface area contributed by atoms with Gasteiger partial charge in [0.25, 0.3) is 0 Å². The Labute approximate surface area is 104 Å². The second kappa shape index (κ2) is 8.02. The van der Waals surface area contributed by atoms with Gasteiger partial charge in [-0.2, -0.15) is 0 Å². The molecule has 0 aliphatic heterocycles. The van der Waals surface area contributed by atoms with Gasteiger partial charge in [0.1, 0.15) is 5.78 Å². The van der Waals surface area contributed by atoms with Gasteiger partial charge in [-0.05, 0) is 30.9 Å². The first kappa shape index (κ1) is 13.9. The summed E-state index contributed by atoms with van der Waals surface area (Å²) in [6.07, 6.45) is 4.28. The van der Waals surface area contributed by atoms with Gasteiger partial charge in [0, 0.05) is 12.8 Å². The van der Waals surface area contributed by atoms with E-state index < -0.39 is 0 Å². The quantitative estimate of drug-likeness (QED) is 0.750. The van der Waals surface area contributed by atoms with Crippen molar-refractivity contribution in [1.82, 2.24) is 0 Å². The molecule has 2 N–H and O–H groups in total. The van der Waals surface area contributed by atoms with Crippen molar-refractivity contribution in [3.8, 4) is 0 Å². The Morgan fingerprint density at radius 3 is 2.59 bits per heavy atom. The van der Waals surface area contributed by atoms with Crippen LogP contribution in [0, 0.1) is 5.92 Å².